The third kappa shape index (κ3) is 4.51. The van der Waals surface area contributed by atoms with E-state index in [1.54, 1.807) is 31.3 Å². The highest BCUT2D eigenvalue weighted by Crippen LogP contribution is 2.16. The molecule has 0 fully saturated rings. The number of methoxy groups -OCH3 is 1. The van der Waals surface area contributed by atoms with Gasteiger partial charge in [0.15, 0.2) is 0 Å². The van der Waals surface area contributed by atoms with E-state index < -0.39 is 5.97 Å². The van der Waals surface area contributed by atoms with Crippen LogP contribution in [0.2, 0.25) is 0 Å². The molecule has 1 heterocycles. The first kappa shape index (κ1) is 20.3. The Morgan fingerprint density at radius 2 is 1.72 bits per heavy atom. The molecule has 0 saturated carbocycles. The molecule has 0 unspecified atom stereocenters. The van der Waals surface area contributed by atoms with Gasteiger partial charge in [-0.2, -0.15) is 5.10 Å². The summed E-state index contributed by atoms with van der Waals surface area (Å²) in [6.45, 7) is 2.08. The average Bonchev–Trinajstić information content (AvgIpc) is 2.72. The molecular formula is C22H23N3O4. The third-order valence-electron chi connectivity index (χ3n) is 4.87. The van der Waals surface area contributed by atoms with Crippen molar-refractivity contribution in [2.45, 2.75) is 19.9 Å². The Balaban J connectivity index is 1.93. The van der Waals surface area contributed by atoms with Crippen LogP contribution in [0.3, 0.4) is 0 Å². The number of aryl methyl sites for hydroxylation is 2. The molecule has 0 N–H and O–H groups in total. The summed E-state index contributed by atoms with van der Waals surface area (Å²) in [5, 5.41) is 5.43. The second-order valence-corrected chi connectivity index (χ2v) is 6.85. The van der Waals surface area contributed by atoms with Crippen molar-refractivity contribution in [3.8, 4) is 0 Å². The van der Waals surface area contributed by atoms with E-state index in [2.05, 4.69) is 5.10 Å². The molecule has 7 nitrogen and oxygen atoms in total. The van der Waals surface area contributed by atoms with Gasteiger partial charge < -0.3 is 9.64 Å². The summed E-state index contributed by atoms with van der Waals surface area (Å²) in [6.07, 6.45) is -0.0302. The first-order chi connectivity index (χ1) is 13.9. The number of hydrogen-bond acceptors (Lipinski definition) is 5. The van der Waals surface area contributed by atoms with Crippen LogP contribution < -0.4 is 5.56 Å². The number of fused-ring (bicyclic) bond motifs is 1. The SMILES string of the molecule is COC(=O)CN(Cc1ccccc1C)C(=O)Cc1nn(C)c(=O)c2ccccc12. The zero-order valence-corrected chi connectivity index (χ0v) is 16.7. The van der Waals surface area contributed by atoms with Crippen LogP contribution in [0.15, 0.2) is 53.3 Å². The van der Waals surface area contributed by atoms with Crippen molar-refractivity contribution in [2.75, 3.05) is 13.7 Å². The van der Waals surface area contributed by atoms with E-state index in [0.717, 1.165) is 11.1 Å². The first-order valence-electron chi connectivity index (χ1n) is 9.24. The Hall–Kier alpha value is -3.48. The lowest BCUT2D eigenvalue weighted by Crippen LogP contribution is -2.37. The zero-order valence-electron chi connectivity index (χ0n) is 16.7. The predicted octanol–water partition coefficient (Wildman–Crippen LogP) is 1.99. The second-order valence-electron chi connectivity index (χ2n) is 6.85. The Morgan fingerprint density at radius 3 is 2.41 bits per heavy atom. The minimum Gasteiger partial charge on any atom is -0.468 e. The summed E-state index contributed by atoms with van der Waals surface area (Å²) in [5.74, 6) is -0.764. The van der Waals surface area contributed by atoms with E-state index in [9.17, 15) is 14.4 Å². The number of carbonyl (C=O) groups is 2. The van der Waals surface area contributed by atoms with Crippen LogP contribution in [0.25, 0.3) is 10.8 Å². The minimum atomic E-state index is -0.495. The summed E-state index contributed by atoms with van der Waals surface area (Å²) >= 11 is 0. The number of amides is 1. The number of carbonyl (C=O) groups excluding carboxylic acids is 2. The summed E-state index contributed by atoms with van der Waals surface area (Å²) in [5.41, 5.74) is 2.25. The van der Waals surface area contributed by atoms with E-state index in [1.165, 1.54) is 16.7 Å². The van der Waals surface area contributed by atoms with Crippen LogP contribution in [0, 0.1) is 6.92 Å². The van der Waals surface area contributed by atoms with Gasteiger partial charge in [-0.05, 0) is 24.1 Å². The Bertz CT molecular complexity index is 1120. The van der Waals surface area contributed by atoms with Gasteiger partial charge in [0.05, 0.1) is 24.6 Å². The maximum atomic E-state index is 13.1. The van der Waals surface area contributed by atoms with Gasteiger partial charge in [0, 0.05) is 19.0 Å². The highest BCUT2D eigenvalue weighted by molar-refractivity contribution is 5.89. The van der Waals surface area contributed by atoms with Crippen LogP contribution >= 0.6 is 0 Å². The summed E-state index contributed by atoms with van der Waals surface area (Å²) < 4.78 is 5.99. The third-order valence-corrected chi connectivity index (χ3v) is 4.87. The lowest BCUT2D eigenvalue weighted by molar-refractivity contribution is -0.147. The van der Waals surface area contributed by atoms with Crippen LogP contribution in [0.1, 0.15) is 16.8 Å². The van der Waals surface area contributed by atoms with E-state index in [4.69, 9.17) is 4.74 Å². The molecule has 1 amide bonds. The standard InChI is InChI=1S/C22H23N3O4/c1-15-8-4-5-9-16(15)13-25(14-21(27)29-3)20(26)12-19-17-10-6-7-11-18(17)22(28)24(2)23-19/h4-11H,12-14H2,1-3H3. The molecule has 3 aromatic rings. The molecule has 2 aromatic carbocycles. The Morgan fingerprint density at radius 1 is 1.07 bits per heavy atom. The number of rotatable bonds is 6. The highest BCUT2D eigenvalue weighted by atomic mass is 16.5. The van der Waals surface area contributed by atoms with E-state index in [1.807, 2.05) is 31.2 Å². The van der Waals surface area contributed by atoms with Gasteiger partial charge in [-0.1, -0.05) is 42.5 Å². The summed E-state index contributed by atoms with van der Waals surface area (Å²) in [7, 11) is 2.85. The topological polar surface area (TPSA) is 81.5 Å². The molecule has 3 rings (SSSR count). The molecule has 0 atom stereocenters. The van der Waals surface area contributed by atoms with Crippen LogP contribution in [0.5, 0.6) is 0 Å². The van der Waals surface area contributed by atoms with Crippen LogP contribution in [0.4, 0.5) is 0 Å². The van der Waals surface area contributed by atoms with Crippen molar-refractivity contribution in [3.05, 3.63) is 75.7 Å². The molecule has 150 valence electrons. The van der Waals surface area contributed by atoms with Crippen LogP contribution in [-0.2, 0) is 34.3 Å². The number of ether oxygens (including phenoxy) is 1. The molecule has 29 heavy (non-hydrogen) atoms. The first-order valence-corrected chi connectivity index (χ1v) is 9.24. The van der Waals surface area contributed by atoms with Crippen LogP contribution in [-0.4, -0.2) is 40.2 Å². The van der Waals surface area contributed by atoms with Crippen molar-refractivity contribution in [1.82, 2.24) is 14.7 Å². The quantitative estimate of drug-likeness (QED) is 0.598. The Labute approximate surface area is 168 Å². The Kier molecular flexibility index (Phi) is 6.07. The molecular weight excluding hydrogens is 370 g/mol. The molecule has 0 spiro atoms. The molecule has 7 heteroatoms. The monoisotopic (exact) mass is 393 g/mol. The summed E-state index contributed by atoms with van der Waals surface area (Å²) in [4.78, 5) is 38.8. The van der Waals surface area contributed by atoms with Crippen molar-refractivity contribution in [1.29, 1.82) is 0 Å². The number of hydrogen-bond donors (Lipinski definition) is 0. The second kappa shape index (κ2) is 8.68. The fourth-order valence-corrected chi connectivity index (χ4v) is 3.21. The largest absolute Gasteiger partial charge is 0.468 e. The summed E-state index contributed by atoms with van der Waals surface area (Å²) in [6, 6.07) is 14.8. The predicted molar refractivity (Wildman–Crippen MR) is 109 cm³/mol. The molecule has 0 bridgehead atoms. The highest BCUT2D eigenvalue weighted by Gasteiger charge is 2.21. The smallest absolute Gasteiger partial charge is 0.325 e. The van der Waals surface area contributed by atoms with Gasteiger partial charge in [0.1, 0.15) is 6.54 Å². The van der Waals surface area contributed by atoms with Crippen molar-refractivity contribution < 1.29 is 14.3 Å². The fourth-order valence-electron chi connectivity index (χ4n) is 3.21. The number of nitrogens with zero attached hydrogens (tertiary/aromatic N) is 3. The molecule has 0 aliphatic rings. The average molecular weight is 393 g/mol. The van der Waals surface area contributed by atoms with Gasteiger partial charge in [-0.15, -0.1) is 0 Å². The lowest BCUT2D eigenvalue weighted by atomic mass is 10.1. The lowest BCUT2D eigenvalue weighted by Gasteiger charge is -2.23. The minimum absolute atomic E-state index is 0.0302. The molecule has 0 aliphatic carbocycles. The van der Waals surface area contributed by atoms with Gasteiger partial charge in [-0.3, -0.25) is 14.4 Å². The van der Waals surface area contributed by atoms with E-state index in [-0.39, 0.29) is 31.0 Å². The van der Waals surface area contributed by atoms with Crippen molar-refractivity contribution in [2.24, 2.45) is 7.05 Å². The van der Waals surface area contributed by atoms with E-state index in [0.29, 0.717) is 16.5 Å². The maximum absolute atomic E-state index is 13.1. The number of esters is 1. The molecule has 0 saturated heterocycles. The maximum Gasteiger partial charge on any atom is 0.325 e. The van der Waals surface area contributed by atoms with Gasteiger partial charge in [0.25, 0.3) is 5.56 Å². The number of benzene rings is 2. The molecule has 0 aliphatic heterocycles. The van der Waals surface area contributed by atoms with Crippen molar-refractivity contribution in [3.63, 3.8) is 0 Å². The van der Waals surface area contributed by atoms with Gasteiger partial charge in [-0.25, -0.2) is 4.68 Å². The normalized spacial score (nSPS) is 10.7. The van der Waals surface area contributed by atoms with E-state index >= 15 is 0 Å². The fraction of sp³-hybridized carbons (Fsp3) is 0.273. The zero-order chi connectivity index (χ0) is 21.0. The van der Waals surface area contributed by atoms with Gasteiger partial charge in [0.2, 0.25) is 5.91 Å². The molecule has 1 aromatic heterocycles. The molecule has 0 radical (unpaired) electrons. The van der Waals surface area contributed by atoms with Gasteiger partial charge >= 0.3 is 5.97 Å². The van der Waals surface area contributed by atoms with Crippen molar-refractivity contribution >= 4 is 22.6 Å². The number of aromatic nitrogens is 2.